The normalized spacial score (nSPS) is 19.2. The predicted molar refractivity (Wildman–Crippen MR) is 152 cm³/mol. The molecule has 2 aliphatic heterocycles. The maximum atomic E-state index is 14.8. The number of methoxy groups -OCH3 is 1. The Bertz CT molecular complexity index is 1620. The fourth-order valence-corrected chi connectivity index (χ4v) is 6.06. The molecule has 41 heavy (non-hydrogen) atoms. The molecule has 3 heterocycles. The van der Waals surface area contributed by atoms with Crippen LogP contribution in [0.4, 0.5) is 4.39 Å². The number of benzene rings is 3. The summed E-state index contributed by atoms with van der Waals surface area (Å²) in [4.78, 5) is 18.8. The van der Waals surface area contributed by atoms with Gasteiger partial charge in [0, 0.05) is 31.2 Å². The highest BCUT2D eigenvalue weighted by Gasteiger charge is 2.43. The van der Waals surface area contributed by atoms with Crippen molar-refractivity contribution in [1.82, 2.24) is 14.5 Å². The van der Waals surface area contributed by atoms with E-state index in [2.05, 4.69) is 15.5 Å². The summed E-state index contributed by atoms with van der Waals surface area (Å²) >= 11 is 5.96. The molecule has 1 fully saturated rings. The smallest absolute Gasteiger partial charge is 0.335 e. The van der Waals surface area contributed by atoms with Gasteiger partial charge in [0.25, 0.3) is 5.79 Å². The summed E-state index contributed by atoms with van der Waals surface area (Å²) in [5.74, 6) is -0.305. The van der Waals surface area contributed by atoms with Gasteiger partial charge in [0.15, 0.2) is 11.5 Å². The average Bonchev–Trinajstić information content (AvgIpc) is 3.48. The van der Waals surface area contributed by atoms with E-state index < -0.39 is 17.6 Å². The molecule has 0 saturated carbocycles. The van der Waals surface area contributed by atoms with Gasteiger partial charge >= 0.3 is 5.97 Å². The number of likely N-dealkylation sites (tertiary alicyclic amines) is 1. The molecule has 2 aliphatic rings. The summed E-state index contributed by atoms with van der Waals surface area (Å²) in [6, 6.07) is 15.4. The number of rotatable bonds is 8. The number of halogens is 2. The van der Waals surface area contributed by atoms with Crippen molar-refractivity contribution < 1.29 is 28.5 Å². The van der Waals surface area contributed by atoms with E-state index in [-0.39, 0.29) is 11.5 Å². The molecule has 1 atom stereocenters. The van der Waals surface area contributed by atoms with Crippen molar-refractivity contribution in [3.05, 3.63) is 88.0 Å². The van der Waals surface area contributed by atoms with Crippen LogP contribution in [0.3, 0.4) is 0 Å². The van der Waals surface area contributed by atoms with Gasteiger partial charge in [-0.05, 0) is 74.3 Å². The molecular formula is C31H31ClFN3O5. The molecule has 8 nitrogen and oxygen atoms in total. The zero-order chi connectivity index (χ0) is 28.7. The number of fused-ring (bicyclic) bond motifs is 2. The molecule has 0 aliphatic carbocycles. The first-order valence-electron chi connectivity index (χ1n) is 13.7. The van der Waals surface area contributed by atoms with E-state index in [0.717, 1.165) is 48.4 Å². The van der Waals surface area contributed by atoms with Crippen LogP contribution in [-0.2, 0) is 23.6 Å². The molecule has 1 saturated heterocycles. The van der Waals surface area contributed by atoms with E-state index in [1.165, 1.54) is 6.07 Å². The molecule has 10 heteroatoms. The van der Waals surface area contributed by atoms with E-state index in [1.54, 1.807) is 44.4 Å². The zero-order valence-corrected chi connectivity index (χ0v) is 23.7. The summed E-state index contributed by atoms with van der Waals surface area (Å²) in [7, 11) is 1.65. The number of carboxylic acid groups (broad SMARTS) is 1. The Balaban J connectivity index is 1.18. The van der Waals surface area contributed by atoms with Gasteiger partial charge in [-0.3, -0.25) is 4.90 Å². The summed E-state index contributed by atoms with van der Waals surface area (Å²) in [6.07, 6.45) is 1.82. The van der Waals surface area contributed by atoms with Crippen LogP contribution < -0.4 is 9.47 Å². The van der Waals surface area contributed by atoms with E-state index in [0.29, 0.717) is 41.8 Å². The maximum Gasteiger partial charge on any atom is 0.335 e. The first kappa shape index (κ1) is 27.5. The Hall–Kier alpha value is -3.66. The van der Waals surface area contributed by atoms with Crippen molar-refractivity contribution in [2.24, 2.45) is 0 Å². The molecule has 4 aromatic rings. The van der Waals surface area contributed by atoms with Crippen molar-refractivity contribution in [3.8, 4) is 11.5 Å². The van der Waals surface area contributed by atoms with E-state index >= 15 is 0 Å². The Morgan fingerprint density at radius 3 is 2.71 bits per heavy atom. The van der Waals surface area contributed by atoms with Gasteiger partial charge in [-0.1, -0.05) is 23.7 Å². The first-order chi connectivity index (χ1) is 19.8. The summed E-state index contributed by atoms with van der Waals surface area (Å²) in [5.41, 5.74) is 3.16. The lowest BCUT2D eigenvalue weighted by Gasteiger charge is -2.32. The Kier molecular flexibility index (Phi) is 7.36. The van der Waals surface area contributed by atoms with E-state index in [4.69, 9.17) is 30.8 Å². The number of aromatic nitrogens is 2. The Labute approximate surface area is 242 Å². The molecule has 0 spiro atoms. The lowest BCUT2D eigenvalue weighted by Crippen LogP contribution is -2.34. The fraction of sp³-hybridized carbons (Fsp3) is 0.355. The molecule has 3 aromatic carbocycles. The van der Waals surface area contributed by atoms with Gasteiger partial charge < -0.3 is 23.9 Å². The topological polar surface area (TPSA) is 86.0 Å². The highest BCUT2D eigenvalue weighted by molar-refractivity contribution is 6.30. The second kappa shape index (κ2) is 11.0. The number of piperidine rings is 1. The number of para-hydroxylation sites is 1. The number of carbonyl (C=O) groups is 1. The molecule has 1 N–H and O–H groups in total. The van der Waals surface area contributed by atoms with Crippen LogP contribution in [0.1, 0.15) is 53.0 Å². The van der Waals surface area contributed by atoms with E-state index in [9.17, 15) is 14.3 Å². The third kappa shape index (κ3) is 5.25. The number of hydrogen-bond donors (Lipinski definition) is 1. The lowest BCUT2D eigenvalue weighted by molar-refractivity contribution is -0.0712. The minimum absolute atomic E-state index is 0.236. The molecule has 6 rings (SSSR count). The molecule has 0 amide bonds. The van der Waals surface area contributed by atoms with Crippen molar-refractivity contribution in [2.75, 3.05) is 26.8 Å². The lowest BCUT2D eigenvalue weighted by atomic mass is 9.88. The average molecular weight is 580 g/mol. The maximum absolute atomic E-state index is 14.8. The standard InChI is InChI=1S/C31H31ClFN3O5/c1-31(23-8-7-21(32)17-24(23)33)40-27-5-3-4-22(29(27)41-31)19-10-12-35(13-11-19)18-28-34-25-9-6-20(30(37)38)16-26(25)36(28)14-15-39-2/h3-9,16-17,19H,10-15,18H2,1-2H3,(H,37,38). The third-order valence-corrected chi connectivity index (χ3v) is 8.25. The van der Waals surface area contributed by atoms with Gasteiger partial charge in [0.1, 0.15) is 11.6 Å². The van der Waals surface area contributed by atoms with Crippen molar-refractivity contribution in [2.45, 2.75) is 44.6 Å². The summed E-state index contributed by atoms with van der Waals surface area (Å²) < 4.78 is 34.6. The van der Waals surface area contributed by atoms with Crippen LogP contribution >= 0.6 is 11.6 Å². The summed E-state index contributed by atoms with van der Waals surface area (Å²) in [5, 5.41) is 9.78. The number of hydrogen-bond acceptors (Lipinski definition) is 6. The second-order valence-electron chi connectivity index (χ2n) is 10.7. The number of imidazole rings is 1. The molecule has 0 radical (unpaired) electrons. The monoisotopic (exact) mass is 579 g/mol. The molecule has 1 unspecified atom stereocenters. The summed E-state index contributed by atoms with van der Waals surface area (Å²) in [6.45, 7) is 5.16. The predicted octanol–water partition coefficient (Wildman–Crippen LogP) is 6.20. The van der Waals surface area contributed by atoms with Crippen molar-refractivity contribution >= 4 is 28.6 Å². The van der Waals surface area contributed by atoms with Gasteiger partial charge in [-0.25, -0.2) is 14.2 Å². The number of nitrogens with zero attached hydrogens (tertiary/aromatic N) is 3. The highest BCUT2D eigenvalue weighted by Crippen LogP contribution is 2.49. The zero-order valence-electron chi connectivity index (χ0n) is 22.9. The van der Waals surface area contributed by atoms with Crippen LogP contribution in [-0.4, -0.2) is 52.3 Å². The van der Waals surface area contributed by atoms with E-state index in [1.807, 2.05) is 12.1 Å². The minimum Gasteiger partial charge on any atom is -0.478 e. The molecule has 214 valence electrons. The Morgan fingerprint density at radius 1 is 1.17 bits per heavy atom. The van der Waals surface area contributed by atoms with Gasteiger partial charge in [-0.2, -0.15) is 0 Å². The van der Waals surface area contributed by atoms with Crippen LogP contribution in [0.25, 0.3) is 11.0 Å². The number of carboxylic acids is 1. The van der Waals surface area contributed by atoms with Crippen LogP contribution in [0.2, 0.25) is 5.02 Å². The van der Waals surface area contributed by atoms with Crippen molar-refractivity contribution in [3.63, 3.8) is 0 Å². The van der Waals surface area contributed by atoms with Gasteiger partial charge in [-0.15, -0.1) is 0 Å². The van der Waals surface area contributed by atoms with Gasteiger partial charge in [0.2, 0.25) is 0 Å². The number of aromatic carboxylic acids is 1. The van der Waals surface area contributed by atoms with Crippen LogP contribution in [0.15, 0.2) is 54.6 Å². The largest absolute Gasteiger partial charge is 0.478 e. The molecule has 0 bridgehead atoms. The minimum atomic E-state index is -1.28. The SMILES string of the molecule is COCCn1c(CN2CCC(c3cccc4c3OC(C)(c3ccc(Cl)cc3F)O4)CC2)nc2ccc(C(=O)O)cc21. The Morgan fingerprint density at radius 2 is 1.98 bits per heavy atom. The number of ether oxygens (including phenoxy) is 3. The fourth-order valence-electron chi connectivity index (χ4n) is 5.90. The highest BCUT2D eigenvalue weighted by atomic mass is 35.5. The van der Waals surface area contributed by atoms with Crippen LogP contribution in [0.5, 0.6) is 11.5 Å². The molecule has 1 aromatic heterocycles. The second-order valence-corrected chi connectivity index (χ2v) is 11.1. The van der Waals surface area contributed by atoms with Crippen molar-refractivity contribution in [1.29, 1.82) is 0 Å². The quantitative estimate of drug-likeness (QED) is 0.266. The first-order valence-corrected chi connectivity index (χ1v) is 14.0. The third-order valence-electron chi connectivity index (χ3n) is 8.02. The van der Waals surface area contributed by atoms with Crippen LogP contribution in [0, 0.1) is 5.82 Å². The molecular weight excluding hydrogens is 549 g/mol. The van der Waals surface area contributed by atoms with Gasteiger partial charge in [0.05, 0.1) is 35.3 Å².